The summed E-state index contributed by atoms with van der Waals surface area (Å²) in [6.45, 7) is 3.06. The molecular weight excluding hydrogens is 629 g/mol. The summed E-state index contributed by atoms with van der Waals surface area (Å²) in [6, 6.07) is 16.9. The second-order valence-electron chi connectivity index (χ2n) is 10.8. The molecule has 7 nitrogen and oxygen atoms in total. The molecule has 1 aliphatic carbocycles. The second kappa shape index (κ2) is 14.8. The van der Waals surface area contributed by atoms with Crippen LogP contribution >= 0.6 is 34.8 Å². The zero-order valence-electron chi connectivity index (χ0n) is 24.2. The van der Waals surface area contributed by atoms with Crippen molar-refractivity contribution in [2.75, 3.05) is 10.8 Å². The van der Waals surface area contributed by atoms with Gasteiger partial charge >= 0.3 is 0 Å². The van der Waals surface area contributed by atoms with Gasteiger partial charge in [0, 0.05) is 27.7 Å². The van der Waals surface area contributed by atoms with Crippen LogP contribution in [0.15, 0.2) is 71.6 Å². The molecule has 0 aromatic heterocycles. The monoisotopic (exact) mass is 663 g/mol. The molecule has 11 heteroatoms. The number of sulfonamides is 1. The van der Waals surface area contributed by atoms with Gasteiger partial charge in [0.1, 0.15) is 12.6 Å². The van der Waals surface area contributed by atoms with Crippen molar-refractivity contribution < 1.29 is 18.0 Å². The van der Waals surface area contributed by atoms with Gasteiger partial charge in [0.15, 0.2) is 0 Å². The summed E-state index contributed by atoms with van der Waals surface area (Å²) in [5.74, 6) is -0.837. The quantitative estimate of drug-likeness (QED) is 0.231. The fourth-order valence-corrected chi connectivity index (χ4v) is 7.35. The maximum absolute atomic E-state index is 14.3. The van der Waals surface area contributed by atoms with E-state index in [0.29, 0.717) is 27.1 Å². The molecule has 4 rings (SSSR count). The van der Waals surface area contributed by atoms with E-state index < -0.39 is 28.5 Å². The molecule has 0 aliphatic heterocycles. The summed E-state index contributed by atoms with van der Waals surface area (Å²) in [6.07, 6.45) is 5.30. The lowest BCUT2D eigenvalue weighted by atomic mass is 9.95. The third-order valence-electron chi connectivity index (χ3n) is 7.75. The largest absolute Gasteiger partial charge is 0.352 e. The average molecular weight is 665 g/mol. The molecule has 1 aliphatic rings. The number of hydrogen-bond acceptors (Lipinski definition) is 4. The van der Waals surface area contributed by atoms with Crippen LogP contribution in [0.4, 0.5) is 5.69 Å². The van der Waals surface area contributed by atoms with Crippen molar-refractivity contribution in [3.8, 4) is 0 Å². The molecule has 0 saturated heterocycles. The molecule has 230 valence electrons. The summed E-state index contributed by atoms with van der Waals surface area (Å²) in [7, 11) is -4.19. The van der Waals surface area contributed by atoms with Gasteiger partial charge in [-0.2, -0.15) is 0 Å². The Bertz CT molecular complexity index is 1550. The molecule has 0 radical (unpaired) electrons. The fourth-order valence-electron chi connectivity index (χ4n) is 5.28. The van der Waals surface area contributed by atoms with E-state index in [1.54, 1.807) is 48.5 Å². The lowest BCUT2D eigenvalue weighted by Gasteiger charge is -2.34. The highest BCUT2D eigenvalue weighted by atomic mass is 35.5. The van der Waals surface area contributed by atoms with Gasteiger partial charge in [0.2, 0.25) is 11.8 Å². The third-order valence-corrected chi connectivity index (χ3v) is 10.5. The molecular formula is C32H36Cl3N3O4S. The van der Waals surface area contributed by atoms with E-state index in [1.807, 2.05) is 13.8 Å². The van der Waals surface area contributed by atoms with Gasteiger partial charge in [-0.15, -0.1) is 0 Å². The maximum Gasteiger partial charge on any atom is 0.264 e. The van der Waals surface area contributed by atoms with Crippen molar-refractivity contribution in [3.63, 3.8) is 0 Å². The van der Waals surface area contributed by atoms with Crippen molar-refractivity contribution in [2.45, 2.75) is 75.9 Å². The Hall–Kier alpha value is -2.78. The van der Waals surface area contributed by atoms with Crippen LogP contribution in [-0.4, -0.2) is 43.8 Å². The molecule has 1 N–H and O–H groups in total. The highest BCUT2D eigenvalue weighted by Crippen LogP contribution is 2.30. The first-order valence-electron chi connectivity index (χ1n) is 14.4. The minimum absolute atomic E-state index is 0.0146. The predicted molar refractivity (Wildman–Crippen MR) is 173 cm³/mol. The molecule has 0 heterocycles. The van der Waals surface area contributed by atoms with Crippen molar-refractivity contribution in [3.05, 3.63) is 92.9 Å². The van der Waals surface area contributed by atoms with E-state index in [1.165, 1.54) is 23.1 Å². The van der Waals surface area contributed by atoms with Gasteiger partial charge in [-0.05, 0) is 73.7 Å². The van der Waals surface area contributed by atoms with Crippen molar-refractivity contribution in [1.29, 1.82) is 0 Å². The summed E-state index contributed by atoms with van der Waals surface area (Å²) in [4.78, 5) is 29.4. The smallest absolute Gasteiger partial charge is 0.264 e. The van der Waals surface area contributed by atoms with Crippen molar-refractivity contribution >= 4 is 62.3 Å². The Balaban J connectivity index is 1.73. The van der Waals surface area contributed by atoms with Gasteiger partial charge in [-0.3, -0.25) is 13.9 Å². The molecule has 0 unspecified atom stereocenters. The van der Waals surface area contributed by atoms with E-state index in [4.69, 9.17) is 34.8 Å². The maximum atomic E-state index is 14.3. The summed E-state index contributed by atoms with van der Waals surface area (Å²) < 4.78 is 29.0. The van der Waals surface area contributed by atoms with Gasteiger partial charge in [0.25, 0.3) is 10.0 Å². The predicted octanol–water partition coefficient (Wildman–Crippen LogP) is 7.41. The molecule has 43 heavy (non-hydrogen) atoms. The number of carbonyl (C=O) groups excluding carboxylic acids is 2. The minimum atomic E-state index is -4.19. The van der Waals surface area contributed by atoms with Gasteiger partial charge in [0.05, 0.1) is 10.6 Å². The Morgan fingerprint density at radius 3 is 2.26 bits per heavy atom. The van der Waals surface area contributed by atoms with E-state index >= 15 is 0 Å². The van der Waals surface area contributed by atoms with E-state index in [-0.39, 0.29) is 29.1 Å². The zero-order valence-corrected chi connectivity index (χ0v) is 27.3. The van der Waals surface area contributed by atoms with E-state index in [9.17, 15) is 18.0 Å². The van der Waals surface area contributed by atoms with Crippen LogP contribution < -0.4 is 9.62 Å². The second-order valence-corrected chi connectivity index (χ2v) is 13.9. The number of nitrogens with zero attached hydrogens (tertiary/aromatic N) is 2. The first-order chi connectivity index (χ1) is 20.5. The summed E-state index contributed by atoms with van der Waals surface area (Å²) in [5.41, 5.74) is 1.58. The summed E-state index contributed by atoms with van der Waals surface area (Å²) >= 11 is 19.0. The Kier molecular flexibility index (Phi) is 11.4. The fraction of sp³-hybridized carbons (Fsp3) is 0.375. The van der Waals surface area contributed by atoms with Crippen molar-refractivity contribution in [1.82, 2.24) is 10.2 Å². The van der Waals surface area contributed by atoms with Crippen LogP contribution in [0.1, 0.15) is 56.6 Å². The van der Waals surface area contributed by atoms with Crippen LogP contribution in [0.25, 0.3) is 0 Å². The van der Waals surface area contributed by atoms with Gasteiger partial charge in [-0.25, -0.2) is 8.42 Å². The standard InChI is InChI=1S/C32H36Cl3N3O4S/c1-3-30(32(40)36-25-10-6-4-7-11-25)37(20-23-15-16-24(33)18-29(23)35)31(39)21-38(26-17-14-22(2)28(34)19-26)43(41,42)27-12-8-5-9-13-27/h5,8-9,12-19,25,30H,3-4,6-7,10-11,20-21H2,1-2H3,(H,36,40)/t30-/m1/s1. The van der Waals surface area contributed by atoms with Gasteiger partial charge < -0.3 is 10.2 Å². The number of hydrogen-bond donors (Lipinski definition) is 1. The Labute approximate surface area is 269 Å². The van der Waals surface area contributed by atoms with Gasteiger partial charge in [-0.1, -0.05) is 91.3 Å². The molecule has 0 bridgehead atoms. The molecule has 1 fully saturated rings. The lowest BCUT2D eigenvalue weighted by Crippen LogP contribution is -2.54. The van der Waals surface area contributed by atoms with Crippen LogP contribution in [0, 0.1) is 6.92 Å². The SMILES string of the molecule is CC[C@H](C(=O)NC1CCCCC1)N(Cc1ccc(Cl)cc1Cl)C(=O)CN(c1ccc(C)c(Cl)c1)S(=O)(=O)c1ccccc1. The highest BCUT2D eigenvalue weighted by molar-refractivity contribution is 7.92. The topological polar surface area (TPSA) is 86.8 Å². The number of halogens is 3. The molecule has 1 atom stereocenters. The molecule has 3 aromatic carbocycles. The van der Waals surface area contributed by atoms with Crippen LogP contribution in [0.2, 0.25) is 15.1 Å². The molecule has 1 saturated carbocycles. The molecule has 0 spiro atoms. The normalized spacial score (nSPS) is 14.6. The minimum Gasteiger partial charge on any atom is -0.352 e. The zero-order chi connectivity index (χ0) is 31.1. The van der Waals surface area contributed by atoms with Crippen LogP contribution in [0.5, 0.6) is 0 Å². The molecule has 2 amide bonds. The lowest BCUT2D eigenvalue weighted by molar-refractivity contribution is -0.140. The average Bonchev–Trinajstić information content (AvgIpc) is 2.99. The van der Waals surface area contributed by atoms with Crippen molar-refractivity contribution in [2.24, 2.45) is 0 Å². The number of aryl methyl sites for hydroxylation is 1. The number of rotatable bonds is 11. The van der Waals surface area contributed by atoms with E-state index in [0.717, 1.165) is 42.0 Å². The Morgan fingerprint density at radius 2 is 1.63 bits per heavy atom. The highest BCUT2D eigenvalue weighted by Gasteiger charge is 2.34. The number of carbonyl (C=O) groups is 2. The van der Waals surface area contributed by atoms with Crippen LogP contribution in [0.3, 0.4) is 0 Å². The Morgan fingerprint density at radius 1 is 0.930 bits per heavy atom. The summed E-state index contributed by atoms with van der Waals surface area (Å²) in [5, 5.41) is 4.27. The number of nitrogens with one attached hydrogen (secondary N) is 1. The first-order valence-corrected chi connectivity index (χ1v) is 17.0. The van der Waals surface area contributed by atoms with Crippen LogP contribution in [-0.2, 0) is 26.2 Å². The first kappa shape index (κ1) is 33.1. The number of anilines is 1. The molecule has 3 aromatic rings. The van der Waals surface area contributed by atoms with E-state index in [2.05, 4.69) is 5.32 Å². The third kappa shape index (κ3) is 8.24. The number of benzene rings is 3. The number of amides is 2.